The minimum absolute atomic E-state index is 0.0277. The standard InChI is InChI=1S/C25H30FN5S/c1-17-16-21(18(2)31(17)20-11-9-19(26)10-12-20)24-23(22-8-5-6-13-27-22)28-25(32)30(24)15-7-14-29(3)4/h5-6,8-13,16,23-24H,7,14-15H2,1-4H3,(H,28,32)/t23-,24-/m0/s1. The monoisotopic (exact) mass is 451 g/mol. The van der Waals surface area contributed by atoms with Crippen LogP contribution in [0.15, 0.2) is 54.7 Å². The predicted molar refractivity (Wildman–Crippen MR) is 131 cm³/mol. The highest BCUT2D eigenvalue weighted by Crippen LogP contribution is 2.41. The number of aromatic nitrogens is 2. The molecule has 0 amide bonds. The van der Waals surface area contributed by atoms with Crippen LogP contribution in [0.5, 0.6) is 0 Å². The van der Waals surface area contributed by atoms with E-state index in [0.29, 0.717) is 0 Å². The fourth-order valence-electron chi connectivity index (χ4n) is 4.62. The quantitative estimate of drug-likeness (QED) is 0.533. The Morgan fingerprint density at radius 1 is 1.12 bits per heavy atom. The average molecular weight is 452 g/mol. The van der Waals surface area contributed by atoms with Crippen molar-refractivity contribution < 1.29 is 4.39 Å². The molecule has 4 rings (SSSR count). The SMILES string of the molecule is Cc1cc([C@H]2[C@H](c3ccccn3)NC(=S)N2CCCN(C)C)c(C)n1-c1ccc(F)cc1. The number of pyridine rings is 1. The van der Waals surface area contributed by atoms with E-state index in [1.54, 1.807) is 0 Å². The molecule has 1 N–H and O–H groups in total. The number of hydrogen-bond donors (Lipinski definition) is 1. The Labute approximate surface area is 194 Å². The lowest BCUT2D eigenvalue weighted by Gasteiger charge is -2.28. The van der Waals surface area contributed by atoms with Crippen molar-refractivity contribution in [1.29, 1.82) is 0 Å². The molecule has 3 heterocycles. The van der Waals surface area contributed by atoms with E-state index in [1.807, 2.05) is 30.5 Å². The van der Waals surface area contributed by atoms with Gasteiger partial charge in [0.2, 0.25) is 0 Å². The molecule has 3 aromatic rings. The third kappa shape index (κ3) is 4.40. The number of nitrogens with zero attached hydrogens (tertiary/aromatic N) is 4. The van der Waals surface area contributed by atoms with E-state index in [9.17, 15) is 4.39 Å². The summed E-state index contributed by atoms with van der Waals surface area (Å²) in [7, 11) is 4.18. The van der Waals surface area contributed by atoms with Crippen LogP contribution in [0.1, 0.15) is 41.1 Å². The molecule has 32 heavy (non-hydrogen) atoms. The lowest BCUT2D eigenvalue weighted by molar-refractivity contribution is 0.292. The van der Waals surface area contributed by atoms with Gasteiger partial charge in [-0.2, -0.15) is 0 Å². The van der Waals surface area contributed by atoms with Crippen molar-refractivity contribution in [1.82, 2.24) is 24.7 Å². The molecule has 1 aliphatic rings. The predicted octanol–water partition coefficient (Wildman–Crippen LogP) is 4.55. The Morgan fingerprint density at radius 2 is 1.88 bits per heavy atom. The first-order valence-corrected chi connectivity index (χ1v) is 11.3. The molecule has 1 fully saturated rings. The van der Waals surface area contributed by atoms with Crippen molar-refractivity contribution >= 4 is 17.3 Å². The van der Waals surface area contributed by atoms with Crippen LogP contribution in [0.25, 0.3) is 5.69 Å². The van der Waals surface area contributed by atoms with Gasteiger partial charge in [0.15, 0.2) is 5.11 Å². The number of halogens is 1. The zero-order valence-electron chi connectivity index (χ0n) is 19.0. The van der Waals surface area contributed by atoms with Crippen LogP contribution < -0.4 is 5.32 Å². The summed E-state index contributed by atoms with van der Waals surface area (Å²) in [5, 5.41) is 4.29. The van der Waals surface area contributed by atoms with Gasteiger partial charge in [0.1, 0.15) is 5.82 Å². The van der Waals surface area contributed by atoms with Gasteiger partial charge in [-0.1, -0.05) is 6.07 Å². The molecule has 168 valence electrons. The van der Waals surface area contributed by atoms with Gasteiger partial charge < -0.3 is 19.7 Å². The third-order valence-corrected chi connectivity index (χ3v) is 6.43. The fourth-order valence-corrected chi connectivity index (χ4v) is 4.95. The molecule has 0 saturated carbocycles. The summed E-state index contributed by atoms with van der Waals surface area (Å²) in [6.07, 6.45) is 2.84. The summed E-state index contributed by atoms with van der Waals surface area (Å²) >= 11 is 5.79. The second-order valence-electron chi connectivity index (χ2n) is 8.62. The molecule has 1 saturated heterocycles. The van der Waals surface area contributed by atoms with Gasteiger partial charge in [-0.15, -0.1) is 0 Å². The maximum atomic E-state index is 13.5. The minimum Gasteiger partial charge on any atom is -0.352 e. The Balaban J connectivity index is 1.76. The molecular formula is C25H30FN5S. The van der Waals surface area contributed by atoms with Crippen molar-refractivity contribution in [2.75, 3.05) is 27.2 Å². The van der Waals surface area contributed by atoms with Gasteiger partial charge in [0, 0.05) is 29.8 Å². The van der Waals surface area contributed by atoms with Gasteiger partial charge in [-0.3, -0.25) is 4.98 Å². The maximum absolute atomic E-state index is 13.5. The first kappa shape index (κ1) is 22.4. The van der Waals surface area contributed by atoms with Gasteiger partial charge in [0.05, 0.1) is 17.8 Å². The van der Waals surface area contributed by atoms with Gasteiger partial charge in [0.25, 0.3) is 0 Å². The average Bonchev–Trinajstić information content (AvgIpc) is 3.25. The molecule has 7 heteroatoms. The molecule has 2 aromatic heterocycles. The van der Waals surface area contributed by atoms with Crippen LogP contribution in [-0.2, 0) is 0 Å². The molecular weight excluding hydrogens is 421 g/mol. The number of rotatable bonds is 7. The number of aryl methyl sites for hydroxylation is 1. The van der Waals surface area contributed by atoms with E-state index < -0.39 is 0 Å². The summed E-state index contributed by atoms with van der Waals surface area (Å²) in [4.78, 5) is 9.13. The number of hydrogen-bond acceptors (Lipinski definition) is 3. The van der Waals surface area contributed by atoms with Gasteiger partial charge >= 0.3 is 0 Å². The minimum atomic E-state index is -0.232. The van der Waals surface area contributed by atoms with Gasteiger partial charge in [-0.05, 0) is 101 Å². The van der Waals surface area contributed by atoms with E-state index in [2.05, 4.69) is 64.7 Å². The smallest absolute Gasteiger partial charge is 0.170 e. The summed E-state index contributed by atoms with van der Waals surface area (Å²) in [6, 6.07) is 14.9. The molecule has 5 nitrogen and oxygen atoms in total. The van der Waals surface area contributed by atoms with Crippen LogP contribution in [0.3, 0.4) is 0 Å². The summed E-state index contributed by atoms with van der Waals surface area (Å²) in [6.45, 7) is 6.07. The molecule has 0 radical (unpaired) electrons. The first-order chi connectivity index (χ1) is 15.4. The van der Waals surface area contributed by atoms with Gasteiger partial charge in [-0.25, -0.2) is 4.39 Å². The fraction of sp³-hybridized carbons (Fsp3) is 0.360. The van der Waals surface area contributed by atoms with E-state index in [-0.39, 0.29) is 17.9 Å². The Kier molecular flexibility index (Phi) is 6.58. The van der Waals surface area contributed by atoms with E-state index in [0.717, 1.165) is 47.4 Å². The molecule has 0 bridgehead atoms. The van der Waals surface area contributed by atoms with Crippen LogP contribution >= 0.6 is 12.2 Å². The number of nitrogens with one attached hydrogen (secondary N) is 1. The molecule has 0 unspecified atom stereocenters. The third-order valence-electron chi connectivity index (χ3n) is 6.08. The largest absolute Gasteiger partial charge is 0.352 e. The highest BCUT2D eigenvalue weighted by atomic mass is 32.1. The van der Waals surface area contributed by atoms with E-state index in [4.69, 9.17) is 12.2 Å². The maximum Gasteiger partial charge on any atom is 0.170 e. The van der Waals surface area contributed by atoms with Crippen molar-refractivity contribution in [2.24, 2.45) is 0 Å². The van der Waals surface area contributed by atoms with Crippen molar-refractivity contribution in [3.63, 3.8) is 0 Å². The normalized spacial score (nSPS) is 18.4. The molecule has 2 atom stereocenters. The Morgan fingerprint density at radius 3 is 2.53 bits per heavy atom. The van der Waals surface area contributed by atoms with Crippen molar-refractivity contribution in [2.45, 2.75) is 32.4 Å². The lowest BCUT2D eigenvalue weighted by Crippen LogP contribution is -2.32. The topological polar surface area (TPSA) is 36.3 Å². The number of thiocarbonyl (C=S) groups is 1. The van der Waals surface area contributed by atoms with Crippen molar-refractivity contribution in [3.8, 4) is 5.69 Å². The van der Waals surface area contributed by atoms with Crippen LogP contribution in [0, 0.1) is 19.7 Å². The number of benzene rings is 1. The van der Waals surface area contributed by atoms with E-state index in [1.165, 1.54) is 17.7 Å². The molecule has 1 aromatic carbocycles. The summed E-state index contributed by atoms with van der Waals surface area (Å²) in [5.41, 5.74) is 5.37. The molecule has 1 aliphatic heterocycles. The summed E-state index contributed by atoms with van der Waals surface area (Å²) in [5.74, 6) is -0.232. The zero-order chi connectivity index (χ0) is 22.8. The van der Waals surface area contributed by atoms with Crippen molar-refractivity contribution in [3.05, 3.63) is 83.2 Å². The highest BCUT2D eigenvalue weighted by molar-refractivity contribution is 7.80. The Bertz CT molecular complexity index is 1080. The zero-order valence-corrected chi connectivity index (χ0v) is 19.9. The first-order valence-electron chi connectivity index (χ1n) is 10.9. The van der Waals surface area contributed by atoms with Crippen LogP contribution in [0.4, 0.5) is 4.39 Å². The Hall–Kier alpha value is -2.77. The van der Waals surface area contributed by atoms with Crippen LogP contribution in [-0.4, -0.2) is 51.6 Å². The second-order valence-corrected chi connectivity index (χ2v) is 9.00. The van der Waals surface area contributed by atoms with Crippen LogP contribution in [0.2, 0.25) is 0 Å². The molecule has 0 spiro atoms. The lowest BCUT2D eigenvalue weighted by atomic mass is 9.96. The molecule has 0 aliphatic carbocycles. The summed E-state index contributed by atoms with van der Waals surface area (Å²) < 4.78 is 15.7. The highest BCUT2D eigenvalue weighted by Gasteiger charge is 2.41. The van der Waals surface area contributed by atoms with E-state index >= 15 is 0 Å². The second kappa shape index (κ2) is 9.38.